The number of piperazine rings is 1. The first-order chi connectivity index (χ1) is 14.1. The van der Waals surface area contributed by atoms with Crippen molar-refractivity contribution < 1.29 is 13.9 Å². The van der Waals surface area contributed by atoms with E-state index in [1.165, 1.54) is 12.1 Å². The largest absolute Gasteiger partial charge is 0.457 e. The zero-order chi connectivity index (χ0) is 20.2. The van der Waals surface area contributed by atoms with Crippen LogP contribution in [-0.2, 0) is 0 Å². The van der Waals surface area contributed by atoms with E-state index >= 15 is 0 Å². The van der Waals surface area contributed by atoms with Crippen LogP contribution in [0.5, 0.6) is 11.5 Å². The van der Waals surface area contributed by atoms with Crippen molar-refractivity contribution in [1.82, 2.24) is 10.3 Å². The minimum atomic E-state index is -0.528. The summed E-state index contributed by atoms with van der Waals surface area (Å²) in [5, 5.41) is 3.31. The van der Waals surface area contributed by atoms with Crippen molar-refractivity contribution in [3.8, 4) is 22.8 Å². The lowest BCUT2D eigenvalue weighted by Gasteiger charge is -2.29. The first-order valence-electron chi connectivity index (χ1n) is 9.40. The van der Waals surface area contributed by atoms with Gasteiger partial charge in [0.15, 0.2) is 0 Å². The number of hydrogen-bond acceptors (Lipinski definition) is 5. The Balaban J connectivity index is 1.63. The Morgan fingerprint density at radius 1 is 1.03 bits per heavy atom. The van der Waals surface area contributed by atoms with Gasteiger partial charge in [-0.05, 0) is 48.5 Å². The van der Waals surface area contributed by atoms with Gasteiger partial charge >= 0.3 is 0 Å². The molecule has 2 aromatic carbocycles. The predicted molar refractivity (Wildman–Crippen MR) is 110 cm³/mol. The maximum absolute atomic E-state index is 13.3. The summed E-state index contributed by atoms with van der Waals surface area (Å²) in [5.41, 5.74) is 7.21. The Hall–Kier alpha value is -3.45. The van der Waals surface area contributed by atoms with Crippen molar-refractivity contribution in [2.24, 2.45) is 5.73 Å². The molecular weight excluding hydrogens is 371 g/mol. The molecule has 0 aliphatic carbocycles. The van der Waals surface area contributed by atoms with Crippen molar-refractivity contribution >= 4 is 11.7 Å². The summed E-state index contributed by atoms with van der Waals surface area (Å²) in [5.74, 6) is 0.887. The van der Waals surface area contributed by atoms with E-state index in [9.17, 15) is 9.18 Å². The zero-order valence-corrected chi connectivity index (χ0v) is 15.8. The van der Waals surface area contributed by atoms with E-state index in [1.54, 1.807) is 30.3 Å². The van der Waals surface area contributed by atoms with E-state index < -0.39 is 5.91 Å². The van der Waals surface area contributed by atoms with Crippen LogP contribution in [0.1, 0.15) is 10.4 Å². The number of primary amides is 1. The Morgan fingerprint density at radius 3 is 2.48 bits per heavy atom. The molecule has 1 aliphatic heterocycles. The molecule has 1 aromatic heterocycles. The zero-order valence-electron chi connectivity index (χ0n) is 15.8. The van der Waals surface area contributed by atoms with E-state index in [-0.39, 0.29) is 5.82 Å². The predicted octanol–water partition coefficient (Wildman–Crippen LogP) is 3.19. The van der Waals surface area contributed by atoms with Gasteiger partial charge in [0.05, 0.1) is 11.3 Å². The van der Waals surface area contributed by atoms with E-state index in [2.05, 4.69) is 10.2 Å². The summed E-state index contributed by atoms with van der Waals surface area (Å²) >= 11 is 0. The standard InChI is InChI=1S/C22H21FN4O2/c23-16-2-1-3-18(14-16)29-17-6-4-15(5-7-17)21-19(22(24)28)8-9-20(26-21)27-12-10-25-11-13-27/h1-9,14,25H,10-13H2,(H2,24,28). The van der Waals surface area contributed by atoms with Crippen LogP contribution in [0.15, 0.2) is 60.7 Å². The summed E-state index contributed by atoms with van der Waals surface area (Å²) in [4.78, 5) is 18.8. The number of halogens is 1. The minimum absolute atomic E-state index is 0.362. The Kier molecular flexibility index (Phi) is 5.39. The van der Waals surface area contributed by atoms with Crippen molar-refractivity contribution in [3.05, 3.63) is 72.0 Å². The highest BCUT2D eigenvalue weighted by molar-refractivity contribution is 5.99. The molecule has 3 aromatic rings. The summed E-state index contributed by atoms with van der Waals surface area (Å²) in [6.45, 7) is 3.48. The molecule has 7 heteroatoms. The molecule has 6 nitrogen and oxygen atoms in total. The molecule has 4 rings (SSSR count). The number of anilines is 1. The number of aromatic nitrogens is 1. The fourth-order valence-corrected chi connectivity index (χ4v) is 3.29. The van der Waals surface area contributed by atoms with Gasteiger partial charge in [-0.1, -0.05) is 6.07 Å². The smallest absolute Gasteiger partial charge is 0.250 e. The Bertz CT molecular complexity index is 1020. The molecule has 0 radical (unpaired) electrons. The first kappa shape index (κ1) is 18.9. The molecular formula is C22H21FN4O2. The monoisotopic (exact) mass is 392 g/mol. The lowest BCUT2D eigenvalue weighted by atomic mass is 10.0. The van der Waals surface area contributed by atoms with Crippen LogP contribution < -0.4 is 20.7 Å². The normalized spacial score (nSPS) is 13.9. The van der Waals surface area contributed by atoms with Gasteiger partial charge in [0, 0.05) is 37.8 Å². The average Bonchev–Trinajstić information content (AvgIpc) is 2.74. The molecule has 1 fully saturated rings. The number of ether oxygens (including phenoxy) is 1. The van der Waals surface area contributed by atoms with Gasteiger partial charge in [-0.15, -0.1) is 0 Å². The molecule has 0 unspecified atom stereocenters. The second-order valence-corrected chi connectivity index (χ2v) is 6.75. The number of carbonyl (C=O) groups excluding carboxylic acids is 1. The molecule has 0 saturated carbocycles. The maximum atomic E-state index is 13.3. The van der Waals surface area contributed by atoms with Gasteiger partial charge in [-0.25, -0.2) is 9.37 Å². The molecule has 0 bridgehead atoms. The van der Waals surface area contributed by atoms with E-state index in [0.29, 0.717) is 22.8 Å². The highest BCUT2D eigenvalue weighted by Gasteiger charge is 2.17. The number of nitrogens with zero attached hydrogens (tertiary/aromatic N) is 2. The molecule has 1 amide bonds. The molecule has 3 N–H and O–H groups in total. The fourth-order valence-electron chi connectivity index (χ4n) is 3.29. The van der Waals surface area contributed by atoms with E-state index in [4.69, 9.17) is 15.5 Å². The lowest BCUT2D eigenvalue weighted by molar-refractivity contribution is 0.100. The van der Waals surface area contributed by atoms with Crippen LogP contribution in [0, 0.1) is 5.82 Å². The number of nitrogens with two attached hydrogens (primary N) is 1. The second kappa shape index (κ2) is 8.28. The second-order valence-electron chi connectivity index (χ2n) is 6.75. The van der Waals surface area contributed by atoms with Crippen LogP contribution >= 0.6 is 0 Å². The number of carbonyl (C=O) groups is 1. The first-order valence-corrected chi connectivity index (χ1v) is 9.40. The quantitative estimate of drug-likeness (QED) is 0.697. The molecule has 0 atom stereocenters. The molecule has 1 saturated heterocycles. The topological polar surface area (TPSA) is 80.5 Å². The van der Waals surface area contributed by atoms with Gasteiger partial charge in [-0.3, -0.25) is 4.79 Å². The maximum Gasteiger partial charge on any atom is 0.250 e. The fraction of sp³-hybridized carbons (Fsp3) is 0.182. The average molecular weight is 392 g/mol. The highest BCUT2D eigenvalue weighted by Crippen LogP contribution is 2.29. The molecule has 1 aliphatic rings. The molecule has 29 heavy (non-hydrogen) atoms. The number of rotatable bonds is 5. The summed E-state index contributed by atoms with van der Waals surface area (Å²) in [6.07, 6.45) is 0. The van der Waals surface area contributed by atoms with Crippen LogP contribution in [0.4, 0.5) is 10.2 Å². The summed E-state index contributed by atoms with van der Waals surface area (Å²) in [7, 11) is 0. The Labute approximate surface area is 168 Å². The SMILES string of the molecule is NC(=O)c1ccc(N2CCNCC2)nc1-c1ccc(Oc2cccc(F)c2)cc1. The third kappa shape index (κ3) is 4.35. The van der Waals surface area contributed by atoms with Crippen molar-refractivity contribution in [2.45, 2.75) is 0 Å². The molecule has 2 heterocycles. The molecule has 148 valence electrons. The Morgan fingerprint density at radius 2 is 1.79 bits per heavy atom. The van der Waals surface area contributed by atoms with E-state index in [0.717, 1.165) is 37.6 Å². The number of amides is 1. The van der Waals surface area contributed by atoms with Crippen molar-refractivity contribution in [2.75, 3.05) is 31.1 Å². The van der Waals surface area contributed by atoms with Gasteiger partial charge < -0.3 is 20.7 Å². The third-order valence-corrected chi connectivity index (χ3v) is 4.75. The van der Waals surface area contributed by atoms with Gasteiger partial charge in [0.25, 0.3) is 5.91 Å². The molecule has 0 spiro atoms. The minimum Gasteiger partial charge on any atom is -0.457 e. The number of pyridine rings is 1. The van der Waals surface area contributed by atoms with Crippen molar-refractivity contribution in [1.29, 1.82) is 0 Å². The van der Waals surface area contributed by atoms with Crippen LogP contribution in [0.25, 0.3) is 11.3 Å². The lowest BCUT2D eigenvalue weighted by Crippen LogP contribution is -2.44. The van der Waals surface area contributed by atoms with Crippen LogP contribution in [0.3, 0.4) is 0 Å². The van der Waals surface area contributed by atoms with Crippen molar-refractivity contribution in [3.63, 3.8) is 0 Å². The third-order valence-electron chi connectivity index (χ3n) is 4.75. The number of nitrogens with one attached hydrogen (secondary N) is 1. The van der Waals surface area contributed by atoms with E-state index in [1.807, 2.05) is 18.2 Å². The summed E-state index contributed by atoms with van der Waals surface area (Å²) in [6, 6.07) is 16.6. The van der Waals surface area contributed by atoms with Gasteiger partial charge in [-0.2, -0.15) is 0 Å². The number of benzene rings is 2. The van der Waals surface area contributed by atoms with Crippen LogP contribution in [-0.4, -0.2) is 37.1 Å². The number of hydrogen-bond donors (Lipinski definition) is 2. The highest BCUT2D eigenvalue weighted by atomic mass is 19.1. The van der Waals surface area contributed by atoms with Gasteiger partial charge in [0.2, 0.25) is 0 Å². The summed E-state index contributed by atoms with van der Waals surface area (Å²) < 4.78 is 19.0. The van der Waals surface area contributed by atoms with Crippen LogP contribution in [0.2, 0.25) is 0 Å². The van der Waals surface area contributed by atoms with Gasteiger partial charge in [0.1, 0.15) is 23.1 Å².